The fraction of sp³-hybridized carbons (Fsp3) is 0.333. The first-order chi connectivity index (χ1) is 18.4. The molecule has 0 N–H and O–H groups in total. The van der Waals surface area contributed by atoms with E-state index in [1.807, 2.05) is 47.9 Å². The summed E-state index contributed by atoms with van der Waals surface area (Å²) in [6.07, 6.45) is 2.65. The summed E-state index contributed by atoms with van der Waals surface area (Å²) in [5.41, 5.74) is 2.90. The van der Waals surface area contributed by atoms with E-state index in [1.165, 1.54) is 6.20 Å². The van der Waals surface area contributed by atoms with Gasteiger partial charge in [-0.3, -0.25) is 9.25 Å². The lowest BCUT2D eigenvalue weighted by Gasteiger charge is -2.25. The van der Waals surface area contributed by atoms with Crippen LogP contribution in [0.4, 0.5) is 0 Å². The summed E-state index contributed by atoms with van der Waals surface area (Å²) in [5.74, 6) is 2.14. The predicted octanol–water partition coefficient (Wildman–Crippen LogP) is 4.87. The number of fused-ring (bicyclic) bond motifs is 3. The maximum Gasteiger partial charge on any atom is 0.341 e. The Labute approximate surface area is 225 Å². The van der Waals surface area contributed by atoms with Crippen LogP contribution >= 0.6 is 11.6 Å². The first-order valence-electron chi connectivity index (χ1n) is 12.2. The zero-order valence-corrected chi connectivity index (χ0v) is 22.3. The van der Waals surface area contributed by atoms with Crippen LogP contribution in [0.2, 0.25) is 5.02 Å². The molecule has 0 saturated heterocycles. The van der Waals surface area contributed by atoms with Crippen LogP contribution in [0, 0.1) is 6.92 Å². The Morgan fingerprint density at radius 2 is 1.97 bits per heavy atom. The molecule has 2 aromatic carbocycles. The van der Waals surface area contributed by atoms with E-state index in [0.717, 1.165) is 22.6 Å². The fourth-order valence-electron chi connectivity index (χ4n) is 4.73. The molecular formula is C27H28ClN5O5. The average molecular weight is 538 g/mol. The van der Waals surface area contributed by atoms with Crippen LogP contribution in [-0.4, -0.2) is 51.3 Å². The van der Waals surface area contributed by atoms with Crippen LogP contribution in [0.25, 0.3) is 5.69 Å². The molecule has 0 unspecified atom stereocenters. The van der Waals surface area contributed by atoms with E-state index in [9.17, 15) is 4.79 Å². The van der Waals surface area contributed by atoms with Gasteiger partial charge in [-0.25, -0.2) is 4.79 Å². The Morgan fingerprint density at radius 1 is 1.13 bits per heavy atom. The largest absolute Gasteiger partial charge is 0.493 e. The summed E-state index contributed by atoms with van der Waals surface area (Å²) in [7, 11) is 3.20. The van der Waals surface area contributed by atoms with E-state index in [2.05, 4.69) is 15.3 Å². The van der Waals surface area contributed by atoms with Gasteiger partial charge in [-0.05, 0) is 38.1 Å². The smallest absolute Gasteiger partial charge is 0.341 e. The van der Waals surface area contributed by atoms with Gasteiger partial charge in [0, 0.05) is 35.3 Å². The molecule has 1 aliphatic heterocycles. The molecule has 0 fully saturated rings. The summed E-state index contributed by atoms with van der Waals surface area (Å²) in [5, 5.41) is 13.7. The lowest BCUT2D eigenvalue weighted by Crippen LogP contribution is -2.15. The molecular weight excluding hydrogens is 510 g/mol. The summed E-state index contributed by atoms with van der Waals surface area (Å²) in [4.78, 5) is 12.1. The third kappa shape index (κ3) is 4.72. The highest BCUT2D eigenvalue weighted by molar-refractivity contribution is 6.30. The molecule has 10 nitrogen and oxygen atoms in total. The SMILES string of the molecule is CCOC(=O)c1cnn(CC[C@H]2O[C@H](c3cccc(OC)c3OC)c3cc(Cl)ccc3-n3c(C)nnc32)c1. The Morgan fingerprint density at radius 3 is 2.74 bits per heavy atom. The lowest BCUT2D eigenvalue weighted by molar-refractivity contribution is -0.00437. The minimum Gasteiger partial charge on any atom is -0.493 e. The molecule has 0 spiro atoms. The van der Waals surface area contributed by atoms with Crippen molar-refractivity contribution in [2.75, 3.05) is 20.8 Å². The van der Waals surface area contributed by atoms with Crippen molar-refractivity contribution in [3.63, 3.8) is 0 Å². The fourth-order valence-corrected chi connectivity index (χ4v) is 4.91. The van der Waals surface area contributed by atoms with E-state index >= 15 is 0 Å². The number of aromatic nitrogens is 5. The maximum absolute atomic E-state index is 12.1. The number of hydrogen-bond donors (Lipinski definition) is 0. The van der Waals surface area contributed by atoms with Crippen LogP contribution in [-0.2, 0) is 16.0 Å². The normalized spacial score (nSPS) is 16.3. The number of hydrogen-bond acceptors (Lipinski definition) is 8. The van der Waals surface area contributed by atoms with Gasteiger partial charge in [-0.15, -0.1) is 10.2 Å². The molecule has 0 amide bonds. The second-order valence-electron chi connectivity index (χ2n) is 8.73. The maximum atomic E-state index is 12.1. The van der Waals surface area contributed by atoms with Gasteiger partial charge < -0.3 is 18.9 Å². The molecule has 11 heteroatoms. The van der Waals surface area contributed by atoms with Crippen molar-refractivity contribution >= 4 is 17.6 Å². The van der Waals surface area contributed by atoms with Crippen LogP contribution in [0.1, 0.15) is 58.7 Å². The molecule has 2 aromatic heterocycles. The van der Waals surface area contributed by atoms with Gasteiger partial charge in [-0.2, -0.15) is 5.10 Å². The van der Waals surface area contributed by atoms with Crippen LogP contribution in [0.3, 0.4) is 0 Å². The zero-order chi connectivity index (χ0) is 26.8. The Bertz CT molecular complexity index is 1470. The number of methoxy groups -OCH3 is 2. The highest BCUT2D eigenvalue weighted by atomic mass is 35.5. The zero-order valence-electron chi connectivity index (χ0n) is 21.6. The number of para-hydroxylation sites is 1. The van der Waals surface area contributed by atoms with Gasteiger partial charge in [0.05, 0.1) is 38.3 Å². The minimum absolute atomic E-state index is 0.300. The van der Waals surface area contributed by atoms with Crippen molar-refractivity contribution in [1.82, 2.24) is 24.5 Å². The van der Waals surface area contributed by atoms with Crippen LogP contribution in [0.15, 0.2) is 48.8 Å². The van der Waals surface area contributed by atoms with Crippen molar-refractivity contribution in [2.45, 2.75) is 39.0 Å². The average Bonchev–Trinajstić information content (AvgIpc) is 3.52. The Kier molecular flexibility index (Phi) is 7.35. The van der Waals surface area contributed by atoms with Gasteiger partial charge in [0.2, 0.25) is 0 Å². The quantitative estimate of drug-likeness (QED) is 0.293. The number of aryl methyl sites for hydroxylation is 2. The summed E-state index contributed by atoms with van der Waals surface area (Å²) in [6.45, 7) is 4.43. The second-order valence-corrected chi connectivity index (χ2v) is 9.17. The highest BCUT2D eigenvalue weighted by Crippen LogP contribution is 2.46. The molecule has 38 heavy (non-hydrogen) atoms. The lowest BCUT2D eigenvalue weighted by atomic mass is 9.98. The van der Waals surface area contributed by atoms with E-state index in [-0.39, 0.29) is 0 Å². The van der Waals surface area contributed by atoms with Gasteiger partial charge >= 0.3 is 5.97 Å². The Balaban J connectivity index is 1.56. The van der Waals surface area contributed by atoms with Crippen molar-refractivity contribution in [1.29, 1.82) is 0 Å². The topological polar surface area (TPSA) is 103 Å². The number of benzene rings is 2. The second kappa shape index (κ2) is 10.8. The molecule has 0 aliphatic carbocycles. The van der Waals surface area contributed by atoms with E-state index in [4.69, 9.17) is 30.5 Å². The molecule has 3 heterocycles. The molecule has 0 radical (unpaired) electrons. The number of esters is 1. The monoisotopic (exact) mass is 537 g/mol. The third-order valence-corrected chi connectivity index (χ3v) is 6.67. The molecule has 0 saturated carbocycles. The van der Waals surface area contributed by atoms with Crippen molar-refractivity contribution in [3.8, 4) is 17.2 Å². The number of rotatable bonds is 8. The number of carbonyl (C=O) groups is 1. The predicted molar refractivity (Wildman–Crippen MR) is 139 cm³/mol. The summed E-state index contributed by atoms with van der Waals surface area (Å²) in [6, 6.07) is 11.4. The third-order valence-electron chi connectivity index (χ3n) is 6.43. The van der Waals surface area contributed by atoms with Gasteiger partial charge in [0.1, 0.15) is 18.0 Å². The number of carbonyl (C=O) groups excluding carboxylic acids is 1. The standard InChI is InChI=1S/C27H28ClN5O5/c1-5-37-27(34)17-14-29-32(15-17)12-11-23-26-31-30-16(2)33(26)21-10-9-18(28)13-20(21)24(38-23)19-7-6-8-22(35-3)25(19)36-4/h6-10,13-15,23-24H,5,11-12H2,1-4H3/t23-,24-/m1/s1. The number of nitrogens with zero attached hydrogens (tertiary/aromatic N) is 5. The number of ether oxygens (including phenoxy) is 4. The summed E-state index contributed by atoms with van der Waals surface area (Å²) < 4.78 is 26.9. The molecule has 198 valence electrons. The van der Waals surface area contributed by atoms with E-state index in [1.54, 1.807) is 32.0 Å². The minimum atomic E-state index is -0.549. The molecule has 4 aromatic rings. The molecule has 0 bridgehead atoms. The van der Waals surface area contributed by atoms with Gasteiger partial charge in [-0.1, -0.05) is 23.7 Å². The van der Waals surface area contributed by atoms with E-state index < -0.39 is 18.2 Å². The Hall–Kier alpha value is -3.89. The van der Waals surface area contributed by atoms with Gasteiger partial charge in [0.15, 0.2) is 17.3 Å². The molecule has 1 aliphatic rings. The van der Waals surface area contributed by atoms with E-state index in [0.29, 0.717) is 47.5 Å². The van der Waals surface area contributed by atoms with Crippen molar-refractivity contribution in [3.05, 3.63) is 82.2 Å². The summed E-state index contributed by atoms with van der Waals surface area (Å²) >= 11 is 6.48. The first-order valence-corrected chi connectivity index (χ1v) is 12.6. The molecule has 5 rings (SSSR count). The van der Waals surface area contributed by atoms with Crippen molar-refractivity contribution in [2.24, 2.45) is 0 Å². The van der Waals surface area contributed by atoms with Gasteiger partial charge in [0.25, 0.3) is 0 Å². The first kappa shape index (κ1) is 25.7. The van der Waals surface area contributed by atoms with Crippen LogP contribution in [0.5, 0.6) is 11.5 Å². The van der Waals surface area contributed by atoms with Crippen molar-refractivity contribution < 1.29 is 23.7 Å². The van der Waals surface area contributed by atoms with Crippen LogP contribution < -0.4 is 9.47 Å². The highest BCUT2D eigenvalue weighted by Gasteiger charge is 2.35. The molecule has 2 atom stereocenters. The number of halogens is 1.